The molecule has 4 heteroatoms. The van der Waals surface area contributed by atoms with Crippen LogP contribution in [0.15, 0.2) is 41.5 Å². The maximum absolute atomic E-state index is 6.61. The number of rotatable bonds is 5. The Morgan fingerprint density at radius 3 is 2.61 bits per heavy atom. The first-order valence-corrected chi connectivity index (χ1v) is 5.94. The van der Waals surface area contributed by atoms with E-state index in [0.29, 0.717) is 6.54 Å². The molecule has 0 bridgehead atoms. The lowest BCUT2D eigenvalue weighted by Gasteiger charge is -2.09. The minimum atomic E-state index is 0.583. The first-order chi connectivity index (χ1) is 8.85. The highest BCUT2D eigenvalue weighted by atomic mass is 16.5. The predicted octanol–water partition coefficient (Wildman–Crippen LogP) is 3.33. The van der Waals surface area contributed by atoms with Crippen molar-refractivity contribution in [1.29, 1.82) is 5.53 Å². The molecule has 2 aromatic carbocycles. The summed E-state index contributed by atoms with van der Waals surface area (Å²) in [6.07, 6.45) is 1.75. The Morgan fingerprint density at radius 2 is 1.94 bits per heavy atom. The molecule has 18 heavy (non-hydrogen) atoms. The van der Waals surface area contributed by atoms with Gasteiger partial charge in [0.15, 0.2) is 0 Å². The smallest absolute Gasteiger partial charge is 0.214 e. The highest BCUT2D eigenvalue weighted by molar-refractivity contribution is 5.85. The molecule has 0 heterocycles. The molecule has 0 aliphatic heterocycles. The lowest BCUT2D eigenvalue weighted by molar-refractivity contribution is 0.410. The summed E-state index contributed by atoms with van der Waals surface area (Å²) in [7, 11) is 1.69. The van der Waals surface area contributed by atoms with Crippen LogP contribution in [0.2, 0.25) is 0 Å². The van der Waals surface area contributed by atoms with E-state index in [4.69, 9.17) is 10.3 Å². The molecule has 0 unspecified atom stereocenters. The SMILES string of the molecule is COc1cc2ccccc2cc1CCCN=[N+]=N. The van der Waals surface area contributed by atoms with Crippen LogP contribution in [0.1, 0.15) is 12.0 Å². The van der Waals surface area contributed by atoms with Crippen molar-refractivity contribution >= 4 is 10.8 Å². The van der Waals surface area contributed by atoms with Gasteiger partial charge in [0.05, 0.1) is 7.11 Å². The van der Waals surface area contributed by atoms with Gasteiger partial charge in [-0.1, -0.05) is 24.3 Å². The van der Waals surface area contributed by atoms with Crippen molar-refractivity contribution in [2.45, 2.75) is 12.8 Å². The van der Waals surface area contributed by atoms with Crippen LogP contribution in [-0.4, -0.2) is 13.7 Å². The topological polar surface area (TPSA) is 59.5 Å². The molecular formula is C14H16N3O+. The molecule has 92 valence electrons. The van der Waals surface area contributed by atoms with Crippen molar-refractivity contribution in [2.75, 3.05) is 13.7 Å². The lowest BCUT2D eigenvalue weighted by Crippen LogP contribution is -1.94. The number of nitrogens with zero attached hydrogens (tertiary/aromatic N) is 2. The van der Waals surface area contributed by atoms with Gasteiger partial charge < -0.3 is 4.74 Å². The van der Waals surface area contributed by atoms with Gasteiger partial charge in [-0.3, -0.25) is 0 Å². The van der Waals surface area contributed by atoms with Crippen LogP contribution in [0, 0.1) is 5.53 Å². The lowest BCUT2D eigenvalue weighted by atomic mass is 10.0. The molecule has 0 fully saturated rings. The van der Waals surface area contributed by atoms with E-state index in [-0.39, 0.29) is 0 Å². The zero-order valence-electron chi connectivity index (χ0n) is 10.4. The molecule has 0 radical (unpaired) electrons. The average Bonchev–Trinajstić information content (AvgIpc) is 2.42. The first-order valence-electron chi connectivity index (χ1n) is 5.94. The maximum atomic E-state index is 6.61. The van der Waals surface area contributed by atoms with E-state index in [0.717, 1.165) is 18.6 Å². The third kappa shape index (κ3) is 2.73. The third-order valence-electron chi connectivity index (χ3n) is 2.92. The second-order valence-corrected chi connectivity index (χ2v) is 4.08. The van der Waals surface area contributed by atoms with Gasteiger partial charge in [0.25, 0.3) is 0 Å². The summed E-state index contributed by atoms with van der Waals surface area (Å²) >= 11 is 0. The van der Waals surface area contributed by atoms with Gasteiger partial charge in [-0.2, -0.15) is 0 Å². The zero-order valence-corrected chi connectivity index (χ0v) is 10.4. The molecule has 0 atom stereocenters. The van der Waals surface area contributed by atoms with Gasteiger partial charge in [-0.25, -0.2) is 0 Å². The van der Waals surface area contributed by atoms with Gasteiger partial charge in [0.2, 0.25) is 4.91 Å². The number of methoxy groups -OCH3 is 1. The number of fused-ring (bicyclic) bond motifs is 1. The second-order valence-electron chi connectivity index (χ2n) is 4.08. The van der Waals surface area contributed by atoms with Gasteiger partial charge >= 0.3 is 0 Å². The molecule has 4 nitrogen and oxygen atoms in total. The second kappa shape index (κ2) is 5.94. The molecular weight excluding hydrogens is 226 g/mol. The molecule has 0 saturated carbocycles. The van der Waals surface area contributed by atoms with Crippen LogP contribution in [0.4, 0.5) is 0 Å². The highest BCUT2D eigenvalue weighted by Crippen LogP contribution is 2.26. The van der Waals surface area contributed by atoms with Crippen LogP contribution in [-0.2, 0) is 6.42 Å². The van der Waals surface area contributed by atoms with Gasteiger partial charge in [0, 0.05) is 0 Å². The fraction of sp³-hybridized carbons (Fsp3) is 0.286. The van der Waals surface area contributed by atoms with Crippen LogP contribution in [0.25, 0.3) is 10.8 Å². The minimum Gasteiger partial charge on any atom is -0.496 e. The average molecular weight is 242 g/mol. The van der Waals surface area contributed by atoms with E-state index in [9.17, 15) is 0 Å². The summed E-state index contributed by atoms with van der Waals surface area (Å²) in [5.41, 5.74) is 7.78. The van der Waals surface area contributed by atoms with Crippen molar-refractivity contribution in [3.63, 3.8) is 0 Å². The molecule has 1 N–H and O–H groups in total. The van der Waals surface area contributed by atoms with Crippen LogP contribution < -0.4 is 9.65 Å². The Kier molecular flexibility index (Phi) is 4.05. The van der Waals surface area contributed by atoms with Crippen molar-refractivity contribution < 1.29 is 4.74 Å². The number of aryl methyl sites for hydroxylation is 1. The van der Waals surface area contributed by atoms with Gasteiger partial charge in [0.1, 0.15) is 22.9 Å². The molecule has 0 aliphatic carbocycles. The van der Waals surface area contributed by atoms with Crippen LogP contribution in [0.5, 0.6) is 5.75 Å². The first kappa shape index (κ1) is 12.3. The highest BCUT2D eigenvalue weighted by Gasteiger charge is 2.05. The largest absolute Gasteiger partial charge is 0.496 e. The molecule has 0 saturated heterocycles. The Morgan fingerprint density at radius 1 is 1.22 bits per heavy atom. The van der Waals surface area contributed by atoms with E-state index >= 15 is 0 Å². The number of hydrogen-bond acceptors (Lipinski definition) is 3. The zero-order chi connectivity index (χ0) is 12.8. The molecule has 0 spiro atoms. The fourth-order valence-corrected chi connectivity index (χ4v) is 2.04. The van der Waals surface area contributed by atoms with Crippen LogP contribution >= 0.6 is 0 Å². The van der Waals surface area contributed by atoms with Crippen molar-refractivity contribution in [1.82, 2.24) is 4.91 Å². The van der Waals surface area contributed by atoms with E-state index in [2.05, 4.69) is 34.3 Å². The summed E-state index contributed by atoms with van der Waals surface area (Å²) in [5, 5.41) is 6.06. The Labute approximate surface area is 106 Å². The van der Waals surface area contributed by atoms with E-state index < -0.39 is 0 Å². The standard InChI is InChI=1S/C14H16N3O/c1-18-14-10-12-6-3-2-5-11(12)9-13(14)7-4-8-16-17-15/h2-3,5-6,9-10,15H,4,7-8H2,1H3/q+1. The quantitative estimate of drug-likeness (QED) is 0.488. The Balaban J connectivity index is 2.27. The summed E-state index contributed by atoms with van der Waals surface area (Å²) < 4.78 is 5.42. The fourth-order valence-electron chi connectivity index (χ4n) is 2.04. The molecule has 0 amide bonds. The van der Waals surface area contributed by atoms with E-state index in [1.165, 1.54) is 16.3 Å². The van der Waals surface area contributed by atoms with Gasteiger partial charge in [-0.05, 0) is 41.3 Å². The number of benzene rings is 2. The molecule has 0 aliphatic rings. The Hall–Kier alpha value is -2.19. The van der Waals surface area contributed by atoms with E-state index in [1.54, 1.807) is 7.11 Å². The summed E-state index contributed by atoms with van der Waals surface area (Å²) in [6, 6.07) is 12.5. The van der Waals surface area contributed by atoms with Crippen molar-refractivity contribution in [3.8, 4) is 5.75 Å². The number of hydrogen-bond donors (Lipinski definition) is 1. The third-order valence-corrected chi connectivity index (χ3v) is 2.92. The molecule has 2 rings (SSSR count). The monoisotopic (exact) mass is 242 g/mol. The molecule has 2 aromatic rings. The van der Waals surface area contributed by atoms with Gasteiger partial charge in [-0.15, -0.1) is 0 Å². The number of ether oxygens (including phenoxy) is 1. The van der Waals surface area contributed by atoms with Crippen molar-refractivity contribution in [2.24, 2.45) is 5.11 Å². The summed E-state index contributed by atoms with van der Waals surface area (Å²) in [5.74, 6) is 0.913. The summed E-state index contributed by atoms with van der Waals surface area (Å²) in [4.78, 5) is 3.00. The van der Waals surface area contributed by atoms with Crippen molar-refractivity contribution in [3.05, 3.63) is 42.0 Å². The maximum Gasteiger partial charge on any atom is 0.214 e. The minimum absolute atomic E-state index is 0.583. The van der Waals surface area contributed by atoms with E-state index in [1.807, 2.05) is 12.1 Å². The normalized spacial score (nSPS) is 10.1. The summed E-state index contributed by atoms with van der Waals surface area (Å²) in [6.45, 7) is 0.583. The Bertz CT molecular complexity index is 589. The van der Waals surface area contributed by atoms with Crippen LogP contribution in [0.3, 0.4) is 0 Å². The number of nitrogens with one attached hydrogen (secondary N) is 1. The molecule has 0 aromatic heterocycles. The predicted molar refractivity (Wildman–Crippen MR) is 71.0 cm³/mol.